The first kappa shape index (κ1) is 13.4. The summed E-state index contributed by atoms with van der Waals surface area (Å²) >= 11 is 2.81. The molecule has 92 valence electrons. The van der Waals surface area contributed by atoms with Gasteiger partial charge in [-0.15, -0.1) is 0 Å². The smallest absolute Gasteiger partial charge is 0.318 e. The van der Waals surface area contributed by atoms with Crippen LogP contribution in [0, 0.1) is 11.6 Å². The number of rotatable bonds is 3. The molecular formula is C9H8BrF2N3O2. The molecule has 1 aromatic rings. The molecule has 0 aliphatic heterocycles. The molecule has 0 saturated carbocycles. The number of halogens is 3. The van der Waals surface area contributed by atoms with Gasteiger partial charge in [0.1, 0.15) is 11.6 Å². The van der Waals surface area contributed by atoms with Gasteiger partial charge < -0.3 is 11.1 Å². The summed E-state index contributed by atoms with van der Waals surface area (Å²) in [5.74, 6) is -2.16. The Labute approximate surface area is 103 Å². The predicted octanol–water partition coefficient (Wildman–Crippen LogP) is 1.33. The van der Waals surface area contributed by atoms with E-state index in [1.807, 2.05) is 0 Å². The van der Waals surface area contributed by atoms with Crippen molar-refractivity contribution in [3.63, 3.8) is 0 Å². The lowest BCUT2D eigenvalue weighted by molar-refractivity contribution is -0.118. The number of primary amides is 1. The van der Waals surface area contributed by atoms with E-state index in [1.54, 1.807) is 5.32 Å². The molecule has 0 aliphatic carbocycles. The van der Waals surface area contributed by atoms with Gasteiger partial charge in [0.15, 0.2) is 0 Å². The lowest BCUT2D eigenvalue weighted by Crippen LogP contribution is -2.38. The molecule has 1 rings (SSSR count). The van der Waals surface area contributed by atoms with Gasteiger partial charge in [-0.2, -0.15) is 0 Å². The van der Waals surface area contributed by atoms with Crippen molar-refractivity contribution in [1.29, 1.82) is 0 Å². The summed E-state index contributed by atoms with van der Waals surface area (Å²) in [6, 6.07) is 0.792. The van der Waals surface area contributed by atoms with Gasteiger partial charge >= 0.3 is 6.03 Å². The van der Waals surface area contributed by atoms with E-state index in [0.29, 0.717) is 0 Å². The number of amides is 3. The van der Waals surface area contributed by atoms with Crippen molar-refractivity contribution in [2.45, 2.75) is 0 Å². The van der Waals surface area contributed by atoms with Gasteiger partial charge in [-0.3, -0.25) is 10.1 Å². The second kappa shape index (κ2) is 5.58. The van der Waals surface area contributed by atoms with E-state index in [1.165, 1.54) is 0 Å². The topological polar surface area (TPSA) is 84.2 Å². The SMILES string of the molecule is NC(=O)NC(=O)CNc1cc(F)c(Br)cc1F. The van der Waals surface area contributed by atoms with Crippen molar-refractivity contribution in [2.75, 3.05) is 11.9 Å². The Morgan fingerprint density at radius 1 is 1.29 bits per heavy atom. The van der Waals surface area contributed by atoms with Gasteiger partial charge in [-0.1, -0.05) is 0 Å². The molecule has 17 heavy (non-hydrogen) atoms. The zero-order valence-corrected chi connectivity index (χ0v) is 9.98. The van der Waals surface area contributed by atoms with Crippen LogP contribution in [0.2, 0.25) is 0 Å². The first-order valence-electron chi connectivity index (χ1n) is 4.38. The van der Waals surface area contributed by atoms with Crippen molar-refractivity contribution < 1.29 is 18.4 Å². The largest absolute Gasteiger partial charge is 0.374 e. The molecule has 8 heteroatoms. The number of benzene rings is 1. The Balaban J connectivity index is 2.66. The van der Waals surface area contributed by atoms with Crippen LogP contribution >= 0.6 is 15.9 Å². The van der Waals surface area contributed by atoms with Gasteiger partial charge in [0.25, 0.3) is 0 Å². The van der Waals surface area contributed by atoms with Crippen LogP contribution < -0.4 is 16.4 Å². The minimum absolute atomic E-state index is 0.0258. The van der Waals surface area contributed by atoms with Crippen LogP contribution in [-0.4, -0.2) is 18.5 Å². The molecule has 0 radical (unpaired) electrons. The third-order valence-corrected chi connectivity index (χ3v) is 2.32. The highest BCUT2D eigenvalue weighted by atomic mass is 79.9. The van der Waals surface area contributed by atoms with Crippen LogP contribution in [0.25, 0.3) is 0 Å². The Morgan fingerprint density at radius 3 is 2.53 bits per heavy atom. The van der Waals surface area contributed by atoms with Crippen LogP contribution in [-0.2, 0) is 4.79 Å². The molecule has 0 saturated heterocycles. The Kier molecular flexibility index (Phi) is 4.38. The van der Waals surface area contributed by atoms with Crippen molar-refractivity contribution >= 4 is 33.6 Å². The van der Waals surface area contributed by atoms with E-state index < -0.39 is 30.1 Å². The van der Waals surface area contributed by atoms with E-state index in [0.717, 1.165) is 12.1 Å². The van der Waals surface area contributed by atoms with E-state index in [2.05, 4.69) is 21.2 Å². The molecule has 0 unspecified atom stereocenters. The summed E-state index contributed by atoms with van der Waals surface area (Å²) in [5.41, 5.74) is 4.51. The summed E-state index contributed by atoms with van der Waals surface area (Å²) in [6.45, 7) is -0.402. The molecule has 0 aliphatic rings. The summed E-state index contributed by atoms with van der Waals surface area (Å²) in [4.78, 5) is 21.3. The van der Waals surface area contributed by atoms with Crippen LogP contribution in [0.4, 0.5) is 19.3 Å². The lowest BCUT2D eigenvalue weighted by Gasteiger charge is -2.07. The van der Waals surface area contributed by atoms with Crippen LogP contribution in [0.5, 0.6) is 0 Å². The maximum Gasteiger partial charge on any atom is 0.318 e. The third kappa shape index (κ3) is 3.99. The predicted molar refractivity (Wildman–Crippen MR) is 60.3 cm³/mol. The number of carbonyl (C=O) groups is 2. The quantitative estimate of drug-likeness (QED) is 0.737. The third-order valence-electron chi connectivity index (χ3n) is 1.71. The molecule has 0 aromatic heterocycles. The first-order valence-corrected chi connectivity index (χ1v) is 5.17. The number of carbonyl (C=O) groups excluding carboxylic acids is 2. The Morgan fingerprint density at radius 2 is 1.94 bits per heavy atom. The van der Waals surface area contributed by atoms with Crippen LogP contribution in [0.3, 0.4) is 0 Å². The van der Waals surface area contributed by atoms with Gasteiger partial charge in [0.2, 0.25) is 5.91 Å². The molecule has 0 fully saturated rings. The maximum absolute atomic E-state index is 13.3. The highest BCUT2D eigenvalue weighted by Crippen LogP contribution is 2.22. The monoisotopic (exact) mass is 307 g/mol. The number of imide groups is 1. The Hall–Kier alpha value is -1.70. The molecule has 0 spiro atoms. The first-order chi connectivity index (χ1) is 7.90. The molecule has 5 nitrogen and oxygen atoms in total. The fourth-order valence-electron chi connectivity index (χ4n) is 1.02. The van der Waals surface area contributed by atoms with Crippen LogP contribution in [0.1, 0.15) is 0 Å². The Bertz CT molecular complexity index is 468. The standard InChI is InChI=1S/C9H8BrF2N3O2/c10-4-1-6(12)7(2-5(4)11)14-3-8(16)15-9(13)17/h1-2,14H,3H2,(H3,13,15,16,17). The number of hydrogen-bond donors (Lipinski definition) is 3. The van der Waals surface area contributed by atoms with Crippen LogP contribution in [0.15, 0.2) is 16.6 Å². The molecule has 0 bridgehead atoms. The van der Waals surface area contributed by atoms with E-state index in [4.69, 9.17) is 5.73 Å². The zero-order chi connectivity index (χ0) is 13.0. The highest BCUT2D eigenvalue weighted by Gasteiger charge is 2.10. The van der Waals surface area contributed by atoms with Gasteiger partial charge in [0.05, 0.1) is 16.7 Å². The molecule has 3 amide bonds. The summed E-state index contributed by atoms with van der Waals surface area (Å²) in [6.07, 6.45) is 0. The van der Waals surface area contributed by atoms with E-state index in [9.17, 15) is 18.4 Å². The molecule has 0 atom stereocenters. The lowest BCUT2D eigenvalue weighted by atomic mass is 10.3. The number of nitrogens with two attached hydrogens (primary N) is 1. The summed E-state index contributed by atoms with van der Waals surface area (Å²) < 4.78 is 26.3. The molecule has 0 heterocycles. The average Bonchev–Trinajstić information content (AvgIpc) is 2.20. The number of hydrogen-bond acceptors (Lipinski definition) is 3. The second-order valence-corrected chi connectivity index (χ2v) is 3.87. The highest BCUT2D eigenvalue weighted by molar-refractivity contribution is 9.10. The van der Waals surface area contributed by atoms with Gasteiger partial charge in [0, 0.05) is 6.07 Å². The van der Waals surface area contributed by atoms with Gasteiger partial charge in [-0.05, 0) is 22.0 Å². The fourth-order valence-corrected chi connectivity index (χ4v) is 1.33. The summed E-state index contributed by atoms with van der Waals surface area (Å²) in [7, 11) is 0. The second-order valence-electron chi connectivity index (χ2n) is 3.01. The van der Waals surface area contributed by atoms with E-state index in [-0.39, 0.29) is 10.2 Å². The maximum atomic E-state index is 13.3. The van der Waals surface area contributed by atoms with Crippen molar-refractivity contribution in [3.05, 3.63) is 28.2 Å². The number of urea groups is 1. The normalized spacial score (nSPS) is 9.82. The molecule has 4 N–H and O–H groups in total. The zero-order valence-electron chi connectivity index (χ0n) is 8.39. The number of anilines is 1. The van der Waals surface area contributed by atoms with Crippen molar-refractivity contribution in [1.82, 2.24) is 5.32 Å². The van der Waals surface area contributed by atoms with Crippen molar-refractivity contribution in [2.24, 2.45) is 5.73 Å². The minimum Gasteiger partial charge on any atom is -0.374 e. The molecule has 1 aromatic carbocycles. The fraction of sp³-hybridized carbons (Fsp3) is 0.111. The summed E-state index contributed by atoms with van der Waals surface area (Å²) in [5, 5.41) is 4.10. The minimum atomic E-state index is -1.01. The molecular weight excluding hydrogens is 300 g/mol. The van der Waals surface area contributed by atoms with Gasteiger partial charge in [-0.25, -0.2) is 13.6 Å². The average molecular weight is 308 g/mol. The van der Waals surface area contributed by atoms with E-state index >= 15 is 0 Å². The van der Waals surface area contributed by atoms with Crippen molar-refractivity contribution in [3.8, 4) is 0 Å². The number of nitrogens with one attached hydrogen (secondary N) is 2.